The standard InChI is InChI=1S/C20H13Br/c21-20-12-11-17(18-7-3-4-8-19(18)20)16-10-9-14-5-1-2-6-15(14)13-16/h1-13H/i1D,2D,5D,6D,9D,10D,13D. The highest BCUT2D eigenvalue weighted by Gasteiger charge is 2.06. The van der Waals surface area contributed by atoms with Crippen molar-refractivity contribution < 1.29 is 9.60 Å². The van der Waals surface area contributed by atoms with Crippen LogP contribution < -0.4 is 0 Å². The van der Waals surface area contributed by atoms with E-state index in [0.29, 0.717) is 5.56 Å². The van der Waals surface area contributed by atoms with Crippen LogP contribution in [-0.4, -0.2) is 0 Å². The fourth-order valence-electron chi connectivity index (χ4n) is 2.40. The molecule has 0 aliphatic rings. The average molecular weight is 340 g/mol. The van der Waals surface area contributed by atoms with Crippen molar-refractivity contribution >= 4 is 37.5 Å². The van der Waals surface area contributed by atoms with Crippen LogP contribution in [0, 0.1) is 0 Å². The first kappa shape index (κ1) is 7.24. The third kappa shape index (κ3) is 2.14. The van der Waals surface area contributed by atoms with Crippen molar-refractivity contribution in [2.45, 2.75) is 0 Å². The van der Waals surface area contributed by atoms with Crippen molar-refractivity contribution in [1.29, 1.82) is 0 Å². The summed E-state index contributed by atoms with van der Waals surface area (Å²) in [6.45, 7) is 0. The van der Waals surface area contributed by atoms with Gasteiger partial charge < -0.3 is 0 Å². The zero-order valence-electron chi connectivity index (χ0n) is 17.8. The van der Waals surface area contributed by atoms with Gasteiger partial charge in [-0.15, -0.1) is 0 Å². The molecule has 0 spiro atoms. The third-order valence-electron chi connectivity index (χ3n) is 3.39. The van der Waals surface area contributed by atoms with E-state index in [9.17, 15) is 0 Å². The molecule has 1 heteroatoms. The summed E-state index contributed by atoms with van der Waals surface area (Å²) >= 11 is 3.50. The van der Waals surface area contributed by atoms with Gasteiger partial charge in [0.2, 0.25) is 0 Å². The van der Waals surface area contributed by atoms with Crippen molar-refractivity contribution in [3.63, 3.8) is 0 Å². The number of fused-ring (bicyclic) bond motifs is 2. The zero-order valence-corrected chi connectivity index (χ0v) is 12.4. The Hall–Kier alpha value is -2.12. The maximum atomic E-state index is 8.69. The molecule has 0 saturated carbocycles. The summed E-state index contributed by atoms with van der Waals surface area (Å²) in [5.74, 6) is 0. The Kier molecular flexibility index (Phi) is 1.73. The molecule has 0 unspecified atom stereocenters. The quantitative estimate of drug-likeness (QED) is 0.375. The molecule has 0 bridgehead atoms. The van der Waals surface area contributed by atoms with Crippen LogP contribution in [0.5, 0.6) is 0 Å². The van der Waals surface area contributed by atoms with Crippen LogP contribution in [0.25, 0.3) is 32.7 Å². The molecule has 4 rings (SSSR count). The van der Waals surface area contributed by atoms with Crippen molar-refractivity contribution in [1.82, 2.24) is 0 Å². The van der Waals surface area contributed by atoms with Gasteiger partial charge in [-0.2, -0.15) is 0 Å². The van der Waals surface area contributed by atoms with Gasteiger partial charge in [0, 0.05) is 4.47 Å². The van der Waals surface area contributed by atoms with Crippen molar-refractivity contribution in [2.75, 3.05) is 0 Å². The van der Waals surface area contributed by atoms with Crippen LogP contribution in [-0.2, 0) is 0 Å². The average Bonchev–Trinajstić information content (AvgIpc) is 2.69. The molecule has 0 radical (unpaired) electrons. The van der Waals surface area contributed by atoms with E-state index in [4.69, 9.17) is 9.60 Å². The van der Waals surface area contributed by atoms with Gasteiger partial charge in [-0.25, -0.2) is 0 Å². The predicted octanol–water partition coefficient (Wildman–Crippen LogP) is 6.42. The minimum absolute atomic E-state index is 0.0333. The Labute approximate surface area is 142 Å². The number of benzene rings is 4. The molecule has 0 aliphatic carbocycles. The molecule has 0 aromatic heterocycles. The second-order valence-electron chi connectivity index (χ2n) is 4.64. The van der Waals surface area contributed by atoms with E-state index in [1.54, 1.807) is 6.07 Å². The van der Waals surface area contributed by atoms with E-state index in [0.717, 1.165) is 15.2 Å². The smallest absolute Gasteiger partial charge is 0.0616 e. The summed E-state index contributed by atoms with van der Waals surface area (Å²) in [6, 6.07) is 8.69. The molecule has 21 heavy (non-hydrogen) atoms. The van der Waals surface area contributed by atoms with E-state index in [-0.39, 0.29) is 40.5 Å². The Morgan fingerprint density at radius 1 is 0.762 bits per heavy atom. The summed E-state index contributed by atoms with van der Waals surface area (Å²) in [4.78, 5) is 0. The molecule has 4 aromatic carbocycles. The zero-order chi connectivity index (χ0) is 20.3. The van der Waals surface area contributed by atoms with Crippen LogP contribution in [0.2, 0.25) is 0 Å². The molecule has 0 amide bonds. The second-order valence-corrected chi connectivity index (χ2v) is 5.49. The number of hydrogen-bond acceptors (Lipinski definition) is 0. The van der Waals surface area contributed by atoms with Crippen molar-refractivity contribution in [3.8, 4) is 11.1 Å². The van der Waals surface area contributed by atoms with Crippen LogP contribution in [0.1, 0.15) is 9.60 Å². The molecule has 0 aliphatic heterocycles. The van der Waals surface area contributed by atoms with E-state index in [2.05, 4.69) is 15.9 Å². The second kappa shape index (κ2) is 5.01. The van der Waals surface area contributed by atoms with Gasteiger partial charge >= 0.3 is 0 Å². The van der Waals surface area contributed by atoms with E-state index in [1.807, 2.05) is 30.3 Å². The normalized spacial score (nSPS) is 15.8. The first-order valence-corrected chi connectivity index (χ1v) is 7.22. The monoisotopic (exact) mass is 339 g/mol. The third-order valence-corrected chi connectivity index (χ3v) is 4.08. The fraction of sp³-hybridized carbons (Fsp3) is 0. The van der Waals surface area contributed by atoms with Crippen molar-refractivity contribution in [2.24, 2.45) is 0 Å². The van der Waals surface area contributed by atoms with Gasteiger partial charge in [0.05, 0.1) is 9.60 Å². The maximum absolute atomic E-state index is 8.69. The molecular formula is C20H13Br. The van der Waals surface area contributed by atoms with Gasteiger partial charge in [0.25, 0.3) is 0 Å². The topological polar surface area (TPSA) is 0 Å². The lowest BCUT2D eigenvalue weighted by Crippen LogP contribution is -1.83. The molecule has 0 atom stereocenters. The lowest BCUT2D eigenvalue weighted by molar-refractivity contribution is 1.66. The highest BCUT2D eigenvalue weighted by Crippen LogP contribution is 2.34. The molecule has 100 valence electrons. The Morgan fingerprint density at radius 2 is 1.52 bits per heavy atom. The van der Waals surface area contributed by atoms with Gasteiger partial charge in [-0.3, -0.25) is 0 Å². The summed E-state index contributed by atoms with van der Waals surface area (Å²) in [5, 5.41) is 1.55. The lowest BCUT2D eigenvalue weighted by Gasteiger charge is -2.09. The highest BCUT2D eigenvalue weighted by atomic mass is 79.9. The molecule has 0 nitrogen and oxygen atoms in total. The number of hydrogen-bond donors (Lipinski definition) is 0. The van der Waals surface area contributed by atoms with Crippen molar-refractivity contribution in [3.05, 3.63) is 83.2 Å². The molecule has 0 fully saturated rings. The Bertz CT molecular complexity index is 1300. The summed E-state index contributed by atoms with van der Waals surface area (Å²) in [6.07, 6.45) is 0. The van der Waals surface area contributed by atoms with Crippen LogP contribution in [0.4, 0.5) is 0 Å². The van der Waals surface area contributed by atoms with E-state index < -0.39 is 18.1 Å². The molecule has 4 aromatic rings. The Balaban J connectivity index is 2.24. The number of halogens is 1. The summed E-state index contributed by atoms with van der Waals surface area (Å²) in [7, 11) is 0. The molecule has 0 saturated heterocycles. The van der Waals surface area contributed by atoms with Crippen LogP contribution in [0.3, 0.4) is 0 Å². The Morgan fingerprint density at radius 3 is 2.38 bits per heavy atom. The summed E-state index contributed by atoms with van der Waals surface area (Å²) in [5.41, 5.74) is 0.767. The first-order valence-electron chi connectivity index (χ1n) is 9.93. The maximum Gasteiger partial charge on any atom is 0.0636 e. The van der Waals surface area contributed by atoms with Gasteiger partial charge in [0.15, 0.2) is 0 Å². The first-order chi connectivity index (χ1) is 13.3. The highest BCUT2D eigenvalue weighted by molar-refractivity contribution is 9.10. The minimum Gasteiger partial charge on any atom is -0.0616 e. The lowest BCUT2D eigenvalue weighted by atomic mass is 9.96. The number of rotatable bonds is 1. The summed E-state index contributed by atoms with van der Waals surface area (Å²) < 4.78 is 58.6. The predicted molar refractivity (Wildman–Crippen MR) is 94.6 cm³/mol. The molecule has 0 heterocycles. The largest absolute Gasteiger partial charge is 0.0636 e. The van der Waals surface area contributed by atoms with Gasteiger partial charge in [-0.1, -0.05) is 82.5 Å². The van der Waals surface area contributed by atoms with Crippen LogP contribution >= 0.6 is 15.9 Å². The van der Waals surface area contributed by atoms with E-state index >= 15 is 0 Å². The van der Waals surface area contributed by atoms with E-state index in [1.165, 1.54) is 0 Å². The van der Waals surface area contributed by atoms with Gasteiger partial charge in [0.1, 0.15) is 0 Å². The molecule has 0 N–H and O–H groups in total. The minimum atomic E-state index is -0.466. The fourth-order valence-corrected chi connectivity index (χ4v) is 2.87. The SMILES string of the molecule is [2H]c1c([2H])c([2H])c2c([2H])c(-c3ccc(Br)c4ccccc34)c([2H])c([2H])c2c1[2H]. The molecular weight excluding hydrogens is 320 g/mol. The van der Waals surface area contributed by atoms with Gasteiger partial charge in [-0.05, 0) is 44.8 Å². The van der Waals surface area contributed by atoms with Crippen LogP contribution in [0.15, 0.2) is 83.2 Å².